The van der Waals surface area contributed by atoms with Gasteiger partial charge < -0.3 is 15.3 Å². The Kier molecular flexibility index (Phi) is 6.21. The smallest absolute Gasteiger partial charge is 0.362 e. The zero-order valence-electron chi connectivity index (χ0n) is 14.9. The van der Waals surface area contributed by atoms with Crippen molar-refractivity contribution in [1.29, 1.82) is 0 Å². The molecular formula is C17H27N3O3S. The van der Waals surface area contributed by atoms with Gasteiger partial charge in [0.05, 0.1) is 6.61 Å². The molecule has 2 rings (SSSR count). The van der Waals surface area contributed by atoms with Crippen LogP contribution in [0.25, 0.3) is 0 Å². The zero-order chi connectivity index (χ0) is 17.7. The predicted molar refractivity (Wildman–Crippen MR) is 96.0 cm³/mol. The highest BCUT2D eigenvalue weighted by Crippen LogP contribution is 2.41. The number of hydrogen-bond acceptors (Lipinski definition) is 7. The first-order valence-electron chi connectivity index (χ1n) is 8.52. The van der Waals surface area contributed by atoms with Crippen LogP contribution in [-0.2, 0) is 14.4 Å². The van der Waals surface area contributed by atoms with Gasteiger partial charge >= 0.3 is 5.97 Å². The summed E-state index contributed by atoms with van der Waals surface area (Å²) in [6.07, 6.45) is 4.35. The summed E-state index contributed by atoms with van der Waals surface area (Å²) in [4.78, 5) is 22.3. The third-order valence-corrected chi connectivity index (χ3v) is 5.28. The van der Waals surface area contributed by atoms with Crippen molar-refractivity contribution in [2.75, 3.05) is 12.3 Å². The van der Waals surface area contributed by atoms with Crippen LogP contribution in [0.5, 0.6) is 0 Å². The number of ether oxygens (including phenoxy) is 1. The van der Waals surface area contributed by atoms with Crippen LogP contribution in [0.4, 0.5) is 5.13 Å². The second kappa shape index (κ2) is 7.96. The summed E-state index contributed by atoms with van der Waals surface area (Å²) in [5.41, 5.74) is 5.78. The molecule has 7 heteroatoms. The quantitative estimate of drug-likeness (QED) is 0.479. The van der Waals surface area contributed by atoms with E-state index in [1.165, 1.54) is 17.8 Å². The van der Waals surface area contributed by atoms with E-state index in [4.69, 9.17) is 15.3 Å². The van der Waals surface area contributed by atoms with Gasteiger partial charge in [-0.1, -0.05) is 25.4 Å². The number of oxime groups is 1. The van der Waals surface area contributed by atoms with Gasteiger partial charge in [-0.15, -0.1) is 11.3 Å². The van der Waals surface area contributed by atoms with Crippen molar-refractivity contribution in [3.05, 3.63) is 11.1 Å². The van der Waals surface area contributed by atoms with Gasteiger partial charge in [-0.2, -0.15) is 0 Å². The molecule has 1 heterocycles. The molecule has 0 spiro atoms. The Balaban J connectivity index is 2.27. The molecule has 2 N–H and O–H groups in total. The largest absolute Gasteiger partial charge is 0.461 e. The molecule has 1 fully saturated rings. The predicted octanol–water partition coefficient (Wildman–Crippen LogP) is 3.61. The third-order valence-electron chi connectivity index (χ3n) is 4.61. The molecule has 1 aliphatic carbocycles. The number of nitrogens with zero attached hydrogens (tertiary/aromatic N) is 2. The van der Waals surface area contributed by atoms with E-state index >= 15 is 0 Å². The third kappa shape index (κ3) is 4.26. The van der Waals surface area contributed by atoms with E-state index < -0.39 is 5.97 Å². The summed E-state index contributed by atoms with van der Waals surface area (Å²) in [5, 5.41) is 6.26. The lowest BCUT2D eigenvalue weighted by Crippen LogP contribution is -2.42. The summed E-state index contributed by atoms with van der Waals surface area (Å²) in [7, 11) is 0. The van der Waals surface area contributed by atoms with Crippen LogP contribution in [0.3, 0.4) is 0 Å². The van der Waals surface area contributed by atoms with Crippen LogP contribution in [0.2, 0.25) is 0 Å². The highest BCUT2D eigenvalue weighted by atomic mass is 32.1. The molecule has 1 saturated carbocycles. The molecular weight excluding hydrogens is 326 g/mol. The van der Waals surface area contributed by atoms with Crippen LogP contribution in [0, 0.1) is 11.8 Å². The number of carbonyl (C=O) groups is 1. The number of nitrogen functional groups attached to an aromatic ring is 1. The van der Waals surface area contributed by atoms with Gasteiger partial charge in [0.25, 0.3) is 0 Å². The SMILES string of the molecule is CCOC(=O)C(=NO[C@]1(C)CCCC[C@@H]1C(C)C)c1csc(N)n1. The second-order valence-electron chi connectivity index (χ2n) is 6.73. The molecule has 6 nitrogen and oxygen atoms in total. The average Bonchev–Trinajstić information content (AvgIpc) is 2.94. The van der Waals surface area contributed by atoms with Crippen molar-refractivity contribution in [2.45, 2.75) is 59.0 Å². The molecule has 0 bridgehead atoms. The minimum atomic E-state index is -0.539. The van der Waals surface area contributed by atoms with Crippen molar-refractivity contribution in [1.82, 2.24) is 4.98 Å². The van der Waals surface area contributed by atoms with E-state index in [1.54, 1.807) is 12.3 Å². The second-order valence-corrected chi connectivity index (χ2v) is 7.62. The molecule has 24 heavy (non-hydrogen) atoms. The first kappa shape index (κ1) is 18.7. The van der Waals surface area contributed by atoms with E-state index in [2.05, 4.69) is 30.9 Å². The maximum Gasteiger partial charge on any atom is 0.362 e. The van der Waals surface area contributed by atoms with Gasteiger partial charge in [0, 0.05) is 11.3 Å². The molecule has 0 radical (unpaired) electrons. The van der Waals surface area contributed by atoms with Crippen LogP contribution in [0.15, 0.2) is 10.5 Å². The standard InChI is InChI=1S/C17H27N3O3S/c1-5-22-15(21)14(13-10-24-16(18)19-13)20-23-17(4)9-7-6-8-12(17)11(2)3/h10-12H,5-9H2,1-4H3,(H2,18,19)/t12-,17-/m1/s1. The molecule has 0 amide bonds. The Morgan fingerprint density at radius 3 is 2.88 bits per heavy atom. The van der Waals surface area contributed by atoms with E-state index in [1.807, 2.05) is 0 Å². The molecule has 0 aliphatic heterocycles. The highest BCUT2D eigenvalue weighted by Gasteiger charge is 2.41. The molecule has 0 saturated heterocycles. The van der Waals surface area contributed by atoms with Gasteiger partial charge in [0.2, 0.25) is 5.71 Å². The van der Waals surface area contributed by atoms with E-state index in [0.717, 1.165) is 19.3 Å². The van der Waals surface area contributed by atoms with Crippen molar-refractivity contribution in [2.24, 2.45) is 17.0 Å². The van der Waals surface area contributed by atoms with Gasteiger partial charge in [0.15, 0.2) is 5.13 Å². The van der Waals surface area contributed by atoms with Gasteiger partial charge in [-0.05, 0) is 39.0 Å². The summed E-state index contributed by atoms with van der Waals surface area (Å²) >= 11 is 1.26. The van der Waals surface area contributed by atoms with E-state index in [9.17, 15) is 4.79 Å². The molecule has 1 aromatic heterocycles. The number of thiazole rings is 1. The van der Waals surface area contributed by atoms with Crippen LogP contribution < -0.4 is 5.73 Å². The molecule has 0 aromatic carbocycles. The Bertz CT molecular complexity index is 600. The van der Waals surface area contributed by atoms with Crippen molar-refractivity contribution < 1.29 is 14.4 Å². The number of esters is 1. The minimum absolute atomic E-state index is 0.0825. The van der Waals surface area contributed by atoms with Gasteiger partial charge in [0.1, 0.15) is 11.3 Å². The van der Waals surface area contributed by atoms with Gasteiger partial charge in [-0.3, -0.25) is 0 Å². The lowest BCUT2D eigenvalue weighted by atomic mass is 9.71. The molecule has 1 aromatic rings. The first-order valence-corrected chi connectivity index (χ1v) is 9.40. The average molecular weight is 353 g/mol. The lowest BCUT2D eigenvalue weighted by Gasteiger charge is -2.41. The Labute approximate surface area is 147 Å². The van der Waals surface area contributed by atoms with Crippen LogP contribution >= 0.6 is 11.3 Å². The fourth-order valence-electron chi connectivity index (χ4n) is 3.42. The van der Waals surface area contributed by atoms with Gasteiger partial charge in [-0.25, -0.2) is 9.78 Å². The number of hydrogen-bond donors (Lipinski definition) is 1. The topological polar surface area (TPSA) is 86.8 Å². The number of aromatic nitrogens is 1. The number of carbonyl (C=O) groups excluding carboxylic acids is 1. The summed E-state index contributed by atoms with van der Waals surface area (Å²) in [6, 6.07) is 0. The zero-order valence-corrected chi connectivity index (χ0v) is 15.7. The first-order chi connectivity index (χ1) is 11.4. The normalized spacial score (nSPS) is 24.9. The van der Waals surface area contributed by atoms with E-state index in [0.29, 0.717) is 22.7 Å². The number of nitrogens with two attached hydrogens (primary N) is 1. The monoisotopic (exact) mass is 353 g/mol. The minimum Gasteiger partial charge on any atom is -0.461 e. The molecule has 0 unspecified atom stereocenters. The Morgan fingerprint density at radius 2 is 2.29 bits per heavy atom. The summed E-state index contributed by atoms with van der Waals surface area (Å²) in [5.74, 6) is 0.355. The Morgan fingerprint density at radius 1 is 1.54 bits per heavy atom. The molecule has 1 aliphatic rings. The number of rotatable bonds is 6. The fourth-order valence-corrected chi connectivity index (χ4v) is 3.96. The van der Waals surface area contributed by atoms with Crippen LogP contribution in [-0.4, -0.2) is 28.9 Å². The lowest BCUT2D eigenvalue weighted by molar-refractivity contribution is -0.136. The fraction of sp³-hybridized carbons (Fsp3) is 0.706. The summed E-state index contributed by atoms with van der Waals surface area (Å²) < 4.78 is 5.09. The molecule has 2 atom stereocenters. The van der Waals surface area contributed by atoms with Crippen molar-refractivity contribution in [3.63, 3.8) is 0 Å². The van der Waals surface area contributed by atoms with Crippen molar-refractivity contribution in [3.8, 4) is 0 Å². The van der Waals surface area contributed by atoms with E-state index in [-0.39, 0.29) is 17.9 Å². The summed E-state index contributed by atoms with van der Waals surface area (Å²) in [6.45, 7) is 8.51. The number of anilines is 1. The Hall–Kier alpha value is -1.63. The maximum absolute atomic E-state index is 12.2. The highest BCUT2D eigenvalue weighted by molar-refractivity contribution is 7.13. The molecule has 134 valence electrons. The van der Waals surface area contributed by atoms with Crippen LogP contribution in [0.1, 0.15) is 59.1 Å². The maximum atomic E-state index is 12.2. The van der Waals surface area contributed by atoms with Crippen molar-refractivity contribution >= 4 is 28.1 Å².